The maximum Gasteiger partial charge on any atom is 0.162 e. The maximum absolute atomic E-state index is 9.14. The standard InChI is InChI=1S/C14H12N6O/c21-8-13-17-10-2-1-9(7-12(10)18-13)20-6-5-15-14(20)11-3-4-16-19-11/h1-7,21H,8H2,(H,16,19)(H,17,18). The van der Waals surface area contributed by atoms with Gasteiger partial charge < -0.3 is 10.1 Å². The summed E-state index contributed by atoms with van der Waals surface area (Å²) in [4.78, 5) is 11.7. The van der Waals surface area contributed by atoms with Crippen molar-refractivity contribution in [2.75, 3.05) is 0 Å². The molecule has 4 aromatic rings. The highest BCUT2D eigenvalue weighted by Gasteiger charge is 2.10. The molecular formula is C14H12N6O. The van der Waals surface area contributed by atoms with Crippen LogP contribution in [0.5, 0.6) is 0 Å². The minimum absolute atomic E-state index is 0.103. The van der Waals surface area contributed by atoms with Crippen LogP contribution in [0.15, 0.2) is 42.9 Å². The summed E-state index contributed by atoms with van der Waals surface area (Å²) in [5.74, 6) is 1.34. The van der Waals surface area contributed by atoms with Crippen LogP contribution in [0.2, 0.25) is 0 Å². The number of fused-ring (bicyclic) bond motifs is 1. The molecule has 0 unspecified atom stereocenters. The molecule has 0 fully saturated rings. The first kappa shape index (κ1) is 11.9. The number of imidazole rings is 2. The lowest BCUT2D eigenvalue weighted by Gasteiger charge is -2.06. The number of benzene rings is 1. The first-order valence-corrected chi connectivity index (χ1v) is 6.48. The zero-order valence-corrected chi connectivity index (χ0v) is 11.0. The van der Waals surface area contributed by atoms with E-state index >= 15 is 0 Å². The Morgan fingerprint density at radius 3 is 2.95 bits per heavy atom. The Hall–Kier alpha value is -2.93. The van der Waals surface area contributed by atoms with Gasteiger partial charge in [-0.25, -0.2) is 9.97 Å². The molecule has 3 N–H and O–H groups in total. The van der Waals surface area contributed by atoms with E-state index in [2.05, 4.69) is 25.1 Å². The van der Waals surface area contributed by atoms with Crippen LogP contribution < -0.4 is 0 Å². The first-order valence-electron chi connectivity index (χ1n) is 6.48. The smallest absolute Gasteiger partial charge is 0.162 e. The van der Waals surface area contributed by atoms with Crippen molar-refractivity contribution in [3.05, 3.63) is 48.7 Å². The van der Waals surface area contributed by atoms with Crippen LogP contribution in [-0.4, -0.2) is 34.8 Å². The van der Waals surface area contributed by atoms with Gasteiger partial charge in [-0.15, -0.1) is 0 Å². The molecule has 0 aliphatic carbocycles. The van der Waals surface area contributed by atoms with Crippen LogP contribution >= 0.6 is 0 Å². The Morgan fingerprint density at radius 2 is 2.14 bits per heavy atom. The number of H-pyrrole nitrogens is 2. The van der Waals surface area contributed by atoms with Crippen LogP contribution in [0, 0.1) is 0 Å². The fourth-order valence-electron chi connectivity index (χ4n) is 2.37. The van der Waals surface area contributed by atoms with Crippen LogP contribution in [0.25, 0.3) is 28.2 Å². The fourth-order valence-corrected chi connectivity index (χ4v) is 2.37. The van der Waals surface area contributed by atoms with E-state index < -0.39 is 0 Å². The molecule has 0 radical (unpaired) electrons. The largest absolute Gasteiger partial charge is 0.388 e. The van der Waals surface area contributed by atoms with Crippen LogP contribution in [0.3, 0.4) is 0 Å². The van der Waals surface area contributed by atoms with Gasteiger partial charge in [-0.2, -0.15) is 5.10 Å². The zero-order chi connectivity index (χ0) is 14.2. The quantitative estimate of drug-likeness (QED) is 0.531. The second-order valence-corrected chi connectivity index (χ2v) is 4.63. The van der Waals surface area contributed by atoms with Crippen LogP contribution in [-0.2, 0) is 6.61 Å². The summed E-state index contributed by atoms with van der Waals surface area (Å²) < 4.78 is 1.96. The Bertz CT molecular complexity index is 889. The maximum atomic E-state index is 9.14. The molecule has 3 aromatic heterocycles. The van der Waals surface area contributed by atoms with Gasteiger partial charge in [0.2, 0.25) is 0 Å². The molecule has 0 atom stereocenters. The molecule has 1 aromatic carbocycles. The predicted octanol–water partition coefficient (Wildman–Crippen LogP) is 1.63. The van der Waals surface area contributed by atoms with Crippen molar-refractivity contribution in [1.29, 1.82) is 0 Å². The van der Waals surface area contributed by atoms with Crippen LogP contribution in [0.1, 0.15) is 5.82 Å². The van der Waals surface area contributed by atoms with E-state index in [4.69, 9.17) is 5.11 Å². The van der Waals surface area contributed by atoms with Gasteiger partial charge in [-0.3, -0.25) is 9.67 Å². The number of hydrogen-bond acceptors (Lipinski definition) is 4. The Labute approximate surface area is 119 Å². The van der Waals surface area contributed by atoms with Crippen molar-refractivity contribution in [3.63, 3.8) is 0 Å². The van der Waals surface area contributed by atoms with E-state index in [0.717, 1.165) is 28.2 Å². The minimum atomic E-state index is -0.103. The van der Waals surface area contributed by atoms with E-state index in [0.29, 0.717) is 5.82 Å². The van der Waals surface area contributed by atoms with Gasteiger partial charge in [-0.1, -0.05) is 0 Å². The molecule has 104 valence electrons. The van der Waals surface area contributed by atoms with Gasteiger partial charge in [-0.05, 0) is 24.3 Å². The highest BCUT2D eigenvalue weighted by molar-refractivity contribution is 5.78. The van der Waals surface area contributed by atoms with E-state index in [9.17, 15) is 0 Å². The summed E-state index contributed by atoms with van der Waals surface area (Å²) in [6, 6.07) is 7.73. The average Bonchev–Trinajstić information content (AvgIpc) is 3.24. The summed E-state index contributed by atoms with van der Waals surface area (Å²) in [5, 5.41) is 16.0. The Morgan fingerprint density at radius 1 is 1.19 bits per heavy atom. The molecular weight excluding hydrogens is 268 g/mol. The summed E-state index contributed by atoms with van der Waals surface area (Å²) in [6.07, 6.45) is 5.33. The lowest BCUT2D eigenvalue weighted by atomic mass is 10.2. The SMILES string of the molecule is OCc1nc2ccc(-n3ccnc3-c3ccn[nH]3)cc2[nH]1. The fraction of sp³-hybridized carbons (Fsp3) is 0.0714. The third kappa shape index (κ3) is 1.91. The molecule has 21 heavy (non-hydrogen) atoms. The minimum Gasteiger partial charge on any atom is -0.388 e. The number of hydrogen-bond donors (Lipinski definition) is 3. The molecule has 4 rings (SSSR count). The van der Waals surface area contributed by atoms with Gasteiger partial charge in [0.1, 0.15) is 18.1 Å². The topological polar surface area (TPSA) is 95.4 Å². The number of nitrogens with one attached hydrogen (secondary N) is 2. The van der Waals surface area contributed by atoms with E-state index in [1.54, 1.807) is 12.4 Å². The first-order chi connectivity index (χ1) is 10.3. The third-order valence-corrected chi connectivity index (χ3v) is 3.32. The number of aromatic nitrogens is 6. The van der Waals surface area contributed by atoms with Crippen molar-refractivity contribution in [2.24, 2.45) is 0 Å². The van der Waals surface area contributed by atoms with Crippen LogP contribution in [0.4, 0.5) is 0 Å². The monoisotopic (exact) mass is 280 g/mol. The normalized spacial score (nSPS) is 11.3. The molecule has 0 aliphatic rings. The summed E-state index contributed by atoms with van der Waals surface area (Å²) in [6.45, 7) is -0.103. The van der Waals surface area contributed by atoms with Crippen molar-refractivity contribution >= 4 is 11.0 Å². The predicted molar refractivity (Wildman–Crippen MR) is 76.7 cm³/mol. The van der Waals surface area contributed by atoms with Crippen molar-refractivity contribution in [1.82, 2.24) is 29.7 Å². The molecule has 0 aliphatic heterocycles. The lowest BCUT2D eigenvalue weighted by molar-refractivity contribution is 0.273. The second kappa shape index (κ2) is 4.57. The number of aliphatic hydroxyl groups is 1. The number of aromatic amines is 2. The van der Waals surface area contributed by atoms with Gasteiger partial charge in [0.25, 0.3) is 0 Å². The molecule has 0 spiro atoms. The van der Waals surface area contributed by atoms with Gasteiger partial charge in [0, 0.05) is 24.3 Å². The third-order valence-electron chi connectivity index (χ3n) is 3.32. The number of aliphatic hydroxyl groups excluding tert-OH is 1. The molecule has 0 saturated heterocycles. The molecule has 0 amide bonds. The Kier molecular flexibility index (Phi) is 2.58. The van der Waals surface area contributed by atoms with Gasteiger partial charge >= 0.3 is 0 Å². The number of nitrogens with zero attached hydrogens (tertiary/aromatic N) is 4. The Balaban J connectivity index is 1.85. The summed E-state index contributed by atoms with van der Waals surface area (Å²) in [7, 11) is 0. The lowest BCUT2D eigenvalue weighted by Crippen LogP contribution is -1.96. The zero-order valence-electron chi connectivity index (χ0n) is 11.0. The van der Waals surface area contributed by atoms with E-state index in [-0.39, 0.29) is 6.61 Å². The van der Waals surface area contributed by atoms with E-state index in [1.165, 1.54) is 0 Å². The molecule has 3 heterocycles. The summed E-state index contributed by atoms with van der Waals surface area (Å²) >= 11 is 0. The van der Waals surface area contributed by atoms with Crippen molar-refractivity contribution in [3.8, 4) is 17.2 Å². The van der Waals surface area contributed by atoms with Crippen molar-refractivity contribution in [2.45, 2.75) is 6.61 Å². The van der Waals surface area contributed by atoms with Gasteiger partial charge in [0.05, 0.1) is 11.0 Å². The van der Waals surface area contributed by atoms with E-state index in [1.807, 2.05) is 35.0 Å². The number of rotatable bonds is 3. The highest BCUT2D eigenvalue weighted by atomic mass is 16.3. The summed E-state index contributed by atoms with van der Waals surface area (Å²) in [5.41, 5.74) is 3.50. The second-order valence-electron chi connectivity index (χ2n) is 4.63. The van der Waals surface area contributed by atoms with Crippen molar-refractivity contribution < 1.29 is 5.11 Å². The van der Waals surface area contributed by atoms with Gasteiger partial charge in [0.15, 0.2) is 5.82 Å². The molecule has 7 nitrogen and oxygen atoms in total. The molecule has 0 saturated carbocycles. The molecule has 0 bridgehead atoms. The average molecular weight is 280 g/mol. The highest BCUT2D eigenvalue weighted by Crippen LogP contribution is 2.22. The molecule has 7 heteroatoms.